The highest BCUT2D eigenvalue weighted by molar-refractivity contribution is 7.99. The van der Waals surface area contributed by atoms with Gasteiger partial charge in [-0.3, -0.25) is 9.36 Å². The highest BCUT2D eigenvalue weighted by atomic mass is 35.5. The second-order valence-corrected chi connectivity index (χ2v) is 8.52. The third kappa shape index (κ3) is 6.03. The number of aromatic nitrogens is 3. The van der Waals surface area contributed by atoms with E-state index in [-0.39, 0.29) is 18.3 Å². The normalized spacial score (nSPS) is 10.7. The maximum absolute atomic E-state index is 12.4. The van der Waals surface area contributed by atoms with Gasteiger partial charge in [-0.15, -0.1) is 16.8 Å². The van der Waals surface area contributed by atoms with Crippen LogP contribution in [0.2, 0.25) is 10.0 Å². The van der Waals surface area contributed by atoms with Gasteiger partial charge in [0, 0.05) is 6.54 Å². The van der Waals surface area contributed by atoms with Gasteiger partial charge in [0.1, 0.15) is 12.4 Å². The van der Waals surface area contributed by atoms with E-state index in [9.17, 15) is 4.79 Å². The fourth-order valence-electron chi connectivity index (χ4n) is 2.87. The van der Waals surface area contributed by atoms with E-state index in [2.05, 4.69) is 28.2 Å². The second-order valence-electron chi connectivity index (χ2n) is 6.79. The first kappa shape index (κ1) is 23.2. The topological polar surface area (TPSA) is 69.0 Å². The van der Waals surface area contributed by atoms with Crippen LogP contribution < -0.4 is 10.1 Å². The van der Waals surface area contributed by atoms with Crippen LogP contribution in [0.5, 0.6) is 5.75 Å². The first-order valence-electron chi connectivity index (χ1n) is 9.48. The molecule has 3 rings (SSSR count). The predicted molar refractivity (Wildman–Crippen MR) is 126 cm³/mol. The van der Waals surface area contributed by atoms with Gasteiger partial charge in [0.15, 0.2) is 11.0 Å². The molecule has 1 aromatic heterocycles. The van der Waals surface area contributed by atoms with Crippen LogP contribution in [0.25, 0.3) is 0 Å². The Labute approximate surface area is 195 Å². The maximum Gasteiger partial charge on any atom is 0.234 e. The van der Waals surface area contributed by atoms with E-state index >= 15 is 0 Å². The summed E-state index contributed by atoms with van der Waals surface area (Å²) >= 11 is 13.4. The summed E-state index contributed by atoms with van der Waals surface area (Å²) in [5.41, 5.74) is 2.70. The minimum absolute atomic E-state index is 0.135. The van der Waals surface area contributed by atoms with E-state index in [0.717, 1.165) is 11.3 Å². The van der Waals surface area contributed by atoms with Crippen molar-refractivity contribution in [3.8, 4) is 5.75 Å². The number of amides is 1. The van der Waals surface area contributed by atoms with Gasteiger partial charge in [0.05, 0.1) is 21.5 Å². The van der Waals surface area contributed by atoms with Crippen molar-refractivity contribution < 1.29 is 9.53 Å². The number of nitrogens with zero attached hydrogens (tertiary/aromatic N) is 3. The Balaban J connectivity index is 1.64. The number of hydrogen-bond acceptors (Lipinski definition) is 5. The first-order valence-corrected chi connectivity index (χ1v) is 11.2. The molecule has 0 bridgehead atoms. The van der Waals surface area contributed by atoms with Crippen molar-refractivity contribution in [2.45, 2.75) is 32.2 Å². The van der Waals surface area contributed by atoms with Crippen LogP contribution in [0.4, 0.5) is 5.69 Å². The third-order valence-corrected chi connectivity index (χ3v) is 6.14. The molecule has 0 saturated carbocycles. The molecule has 0 aliphatic rings. The highest BCUT2D eigenvalue weighted by Gasteiger charge is 2.15. The number of benzene rings is 2. The lowest BCUT2D eigenvalue weighted by Gasteiger charge is -2.11. The number of nitrogens with one attached hydrogen (secondary N) is 1. The summed E-state index contributed by atoms with van der Waals surface area (Å²) in [7, 11) is 0. The molecule has 9 heteroatoms. The van der Waals surface area contributed by atoms with Crippen molar-refractivity contribution in [3.63, 3.8) is 0 Å². The number of hydrogen-bond donors (Lipinski definition) is 1. The molecule has 0 unspecified atom stereocenters. The number of carbonyl (C=O) groups excluding carboxylic acids is 1. The molecule has 0 spiro atoms. The molecule has 0 atom stereocenters. The quantitative estimate of drug-likeness (QED) is 0.316. The van der Waals surface area contributed by atoms with Crippen molar-refractivity contribution in [2.75, 3.05) is 11.1 Å². The number of thioether (sulfide) groups is 1. The van der Waals surface area contributed by atoms with Crippen LogP contribution in [0.3, 0.4) is 0 Å². The van der Waals surface area contributed by atoms with Gasteiger partial charge in [0.2, 0.25) is 5.91 Å². The third-order valence-electron chi connectivity index (χ3n) is 4.35. The average molecular weight is 477 g/mol. The van der Waals surface area contributed by atoms with Crippen LogP contribution in [-0.4, -0.2) is 26.4 Å². The summed E-state index contributed by atoms with van der Waals surface area (Å²) in [4.78, 5) is 12.4. The number of rotatable bonds is 9. The van der Waals surface area contributed by atoms with Crippen molar-refractivity contribution in [1.82, 2.24) is 14.8 Å². The van der Waals surface area contributed by atoms with Crippen LogP contribution in [0, 0.1) is 13.8 Å². The number of allylic oxidation sites excluding steroid dienone is 1. The van der Waals surface area contributed by atoms with Gasteiger partial charge >= 0.3 is 0 Å². The Kier molecular flexibility index (Phi) is 8.01. The molecule has 0 aliphatic heterocycles. The molecule has 0 aliphatic carbocycles. The van der Waals surface area contributed by atoms with Crippen molar-refractivity contribution >= 4 is 46.6 Å². The Bertz CT molecular complexity index is 1100. The first-order chi connectivity index (χ1) is 14.9. The minimum atomic E-state index is -0.226. The fourth-order valence-corrected chi connectivity index (χ4v) is 3.98. The fraction of sp³-hybridized carbons (Fsp3) is 0.227. The van der Waals surface area contributed by atoms with Crippen LogP contribution in [0.15, 0.2) is 54.2 Å². The summed E-state index contributed by atoms with van der Waals surface area (Å²) < 4.78 is 7.81. The summed E-state index contributed by atoms with van der Waals surface area (Å²) in [5.74, 6) is 1.36. The summed E-state index contributed by atoms with van der Waals surface area (Å²) in [6.07, 6.45) is 1.75. The molecule has 1 amide bonds. The van der Waals surface area contributed by atoms with Gasteiger partial charge in [-0.1, -0.05) is 64.8 Å². The molecular formula is C22H22Cl2N4O2S. The number of ether oxygens (including phenoxy) is 1. The van der Waals surface area contributed by atoms with E-state index in [1.54, 1.807) is 24.3 Å². The number of carbonyl (C=O) groups is 1. The van der Waals surface area contributed by atoms with Crippen molar-refractivity contribution in [3.05, 3.63) is 76.0 Å². The van der Waals surface area contributed by atoms with Gasteiger partial charge in [-0.2, -0.15) is 0 Å². The van der Waals surface area contributed by atoms with Gasteiger partial charge in [-0.05, 0) is 37.6 Å². The van der Waals surface area contributed by atoms with E-state index in [0.29, 0.717) is 33.3 Å². The van der Waals surface area contributed by atoms with Crippen LogP contribution in [-0.2, 0) is 17.9 Å². The molecule has 2 aromatic carbocycles. The Morgan fingerprint density at radius 3 is 2.81 bits per heavy atom. The lowest BCUT2D eigenvalue weighted by atomic mass is 10.1. The summed E-state index contributed by atoms with van der Waals surface area (Å²) in [5, 5.41) is 12.5. The largest absolute Gasteiger partial charge is 0.485 e. The molecule has 31 heavy (non-hydrogen) atoms. The maximum atomic E-state index is 12.4. The molecule has 6 nitrogen and oxygen atoms in total. The Hall–Kier alpha value is -2.48. The van der Waals surface area contributed by atoms with E-state index in [4.69, 9.17) is 27.9 Å². The van der Waals surface area contributed by atoms with Gasteiger partial charge in [0.25, 0.3) is 0 Å². The molecule has 1 heterocycles. The molecule has 0 fully saturated rings. The van der Waals surface area contributed by atoms with E-state index in [1.807, 2.05) is 30.5 Å². The van der Waals surface area contributed by atoms with Crippen molar-refractivity contribution in [1.29, 1.82) is 0 Å². The molecule has 162 valence electrons. The standard InChI is InChI=1S/C22H22Cl2N4O2S/c1-4-10-28-19(12-30-18-9-8-14(2)11-15(18)3)26-27-22(28)31-13-20(29)25-17-7-5-6-16(23)21(17)24/h4-9,11H,1,10,12-13H2,2-3H3,(H,25,29). The molecule has 3 aromatic rings. The van der Waals surface area contributed by atoms with Gasteiger partial charge < -0.3 is 10.1 Å². The Morgan fingerprint density at radius 2 is 2.06 bits per heavy atom. The summed E-state index contributed by atoms with van der Waals surface area (Å²) in [6.45, 7) is 8.60. The van der Waals surface area contributed by atoms with Gasteiger partial charge in [-0.25, -0.2) is 0 Å². The molecule has 1 N–H and O–H groups in total. The predicted octanol–water partition coefficient (Wildman–Crippen LogP) is 5.70. The number of aryl methyl sites for hydroxylation is 2. The van der Waals surface area contributed by atoms with Crippen LogP contribution >= 0.6 is 35.0 Å². The highest BCUT2D eigenvalue weighted by Crippen LogP contribution is 2.30. The lowest BCUT2D eigenvalue weighted by molar-refractivity contribution is -0.113. The number of halogens is 2. The second kappa shape index (κ2) is 10.7. The zero-order valence-electron chi connectivity index (χ0n) is 17.2. The SMILES string of the molecule is C=CCn1c(COc2ccc(C)cc2C)nnc1SCC(=O)Nc1cccc(Cl)c1Cl. The average Bonchev–Trinajstić information content (AvgIpc) is 3.11. The number of anilines is 1. The zero-order chi connectivity index (χ0) is 22.4. The van der Waals surface area contributed by atoms with E-state index in [1.165, 1.54) is 17.3 Å². The Morgan fingerprint density at radius 1 is 1.26 bits per heavy atom. The molecule has 0 radical (unpaired) electrons. The molecular weight excluding hydrogens is 455 g/mol. The summed E-state index contributed by atoms with van der Waals surface area (Å²) in [6, 6.07) is 11.1. The monoisotopic (exact) mass is 476 g/mol. The van der Waals surface area contributed by atoms with Crippen LogP contribution in [0.1, 0.15) is 17.0 Å². The van der Waals surface area contributed by atoms with E-state index < -0.39 is 0 Å². The smallest absolute Gasteiger partial charge is 0.234 e. The molecule has 0 saturated heterocycles. The zero-order valence-corrected chi connectivity index (χ0v) is 19.5. The minimum Gasteiger partial charge on any atom is -0.485 e. The van der Waals surface area contributed by atoms with Crippen molar-refractivity contribution in [2.24, 2.45) is 0 Å². The lowest BCUT2D eigenvalue weighted by Crippen LogP contribution is -2.15.